The van der Waals surface area contributed by atoms with Crippen molar-refractivity contribution in [2.75, 3.05) is 4.90 Å². The number of fused-ring (bicyclic) bond motifs is 4. The third-order valence-corrected chi connectivity index (χ3v) is 12.5. The molecule has 0 radical (unpaired) electrons. The second-order valence-corrected chi connectivity index (χ2v) is 16.0. The van der Waals surface area contributed by atoms with Gasteiger partial charge in [0.25, 0.3) is 0 Å². The van der Waals surface area contributed by atoms with Gasteiger partial charge in [-0.3, -0.25) is 0 Å². The minimum atomic E-state index is -0.0125. The number of allylic oxidation sites excluding steroid dienone is 2. The maximum absolute atomic E-state index is 9.49. The lowest BCUT2D eigenvalue weighted by Crippen LogP contribution is -2.15. The Balaban J connectivity index is 0.940. The van der Waals surface area contributed by atoms with Gasteiger partial charge in [-0.15, -0.1) is 0 Å². The van der Waals surface area contributed by atoms with E-state index in [1.165, 1.54) is 88.3 Å². The van der Waals surface area contributed by atoms with Crippen molar-refractivity contribution in [1.82, 2.24) is 0 Å². The minimum absolute atomic E-state index is 0.0125. The second-order valence-electron chi connectivity index (χ2n) is 16.0. The van der Waals surface area contributed by atoms with Crippen LogP contribution in [0.5, 0.6) is 0 Å². The molecule has 0 atom stereocenters. The highest BCUT2D eigenvalue weighted by Crippen LogP contribution is 2.50. The number of nitriles is 1. The molecule has 0 saturated carbocycles. The van der Waals surface area contributed by atoms with Crippen LogP contribution in [0.15, 0.2) is 158 Å². The van der Waals surface area contributed by atoms with Crippen molar-refractivity contribution < 1.29 is 0 Å². The zero-order valence-electron chi connectivity index (χ0n) is 31.5. The van der Waals surface area contributed by atoms with Crippen molar-refractivity contribution in [3.8, 4) is 17.2 Å². The van der Waals surface area contributed by atoms with Gasteiger partial charge in [0.2, 0.25) is 0 Å². The Morgan fingerprint density at radius 1 is 0.536 bits per heavy atom. The standard InChI is InChI=1S/C54H38N2/c1-54(2)49-12-6-5-11-47(49)48-27-22-37(32-50(48)54)43-30-40-18-16-38-28-42(29-39-17-19-41(31-43)53(40)52(38)39)35-20-25-45(26-21-35)56(44-23-14-34(33-55)15-24-44)51-13-7-9-36-8-3-4-10-46(36)51/h3-28,30,32H,29,31H2,1-2H3. The molecule has 11 rings (SSSR count). The van der Waals surface area contributed by atoms with E-state index in [-0.39, 0.29) is 5.41 Å². The van der Waals surface area contributed by atoms with E-state index in [9.17, 15) is 5.26 Å². The normalized spacial score (nSPS) is 14.4. The number of hydrogen-bond acceptors (Lipinski definition) is 2. The summed E-state index contributed by atoms with van der Waals surface area (Å²) in [5.74, 6) is 0. The van der Waals surface area contributed by atoms with Gasteiger partial charge in [-0.1, -0.05) is 135 Å². The Morgan fingerprint density at radius 2 is 1.12 bits per heavy atom. The van der Waals surface area contributed by atoms with Gasteiger partial charge in [-0.05, 0) is 144 Å². The van der Waals surface area contributed by atoms with Crippen LogP contribution < -0.4 is 4.90 Å². The van der Waals surface area contributed by atoms with Crippen LogP contribution >= 0.6 is 0 Å². The average Bonchev–Trinajstić information content (AvgIpc) is 3.48. The molecule has 264 valence electrons. The SMILES string of the molecule is CC1(C)c2ccccc2-c2ccc(C3=Cc4ccc5c6c(ccc(c46)C3)CC(c3ccc(N(c4ccc(C#N)cc4)c4cccc6ccccc46)cc3)=C5)cc21. The molecule has 56 heavy (non-hydrogen) atoms. The summed E-state index contributed by atoms with van der Waals surface area (Å²) in [5, 5.41) is 14.7. The van der Waals surface area contributed by atoms with Gasteiger partial charge in [0.05, 0.1) is 17.3 Å². The molecule has 2 nitrogen and oxygen atoms in total. The summed E-state index contributed by atoms with van der Waals surface area (Å²) in [6.07, 6.45) is 6.68. The molecule has 0 unspecified atom stereocenters. The average molecular weight is 715 g/mol. The number of benzene rings is 8. The molecule has 2 heteroatoms. The first-order chi connectivity index (χ1) is 27.4. The van der Waals surface area contributed by atoms with Crippen LogP contribution in [-0.4, -0.2) is 0 Å². The lowest BCUT2D eigenvalue weighted by Gasteiger charge is -2.27. The summed E-state index contributed by atoms with van der Waals surface area (Å²) < 4.78 is 0. The van der Waals surface area contributed by atoms with Gasteiger partial charge >= 0.3 is 0 Å². The number of anilines is 3. The van der Waals surface area contributed by atoms with E-state index >= 15 is 0 Å². The predicted molar refractivity (Wildman–Crippen MR) is 234 cm³/mol. The molecule has 8 aromatic carbocycles. The van der Waals surface area contributed by atoms with Gasteiger partial charge in [-0.2, -0.15) is 5.26 Å². The lowest BCUT2D eigenvalue weighted by molar-refractivity contribution is 0.660. The van der Waals surface area contributed by atoms with Crippen LogP contribution in [0.2, 0.25) is 0 Å². The Bertz CT molecular complexity index is 3040. The van der Waals surface area contributed by atoms with Gasteiger partial charge in [0.15, 0.2) is 0 Å². The van der Waals surface area contributed by atoms with E-state index in [1.54, 1.807) is 0 Å². The van der Waals surface area contributed by atoms with Crippen LogP contribution in [0.4, 0.5) is 17.1 Å². The molecule has 0 aliphatic heterocycles. The van der Waals surface area contributed by atoms with E-state index in [0.29, 0.717) is 5.56 Å². The second kappa shape index (κ2) is 12.3. The molecule has 0 saturated heterocycles. The summed E-state index contributed by atoms with van der Waals surface area (Å²) in [4.78, 5) is 2.30. The Labute approximate surface area is 327 Å². The van der Waals surface area contributed by atoms with Gasteiger partial charge in [-0.25, -0.2) is 0 Å². The van der Waals surface area contributed by atoms with E-state index in [4.69, 9.17) is 0 Å². The van der Waals surface area contributed by atoms with Crippen molar-refractivity contribution >= 4 is 61.9 Å². The number of rotatable bonds is 5. The van der Waals surface area contributed by atoms with Crippen LogP contribution in [0.3, 0.4) is 0 Å². The zero-order chi connectivity index (χ0) is 37.5. The first-order valence-electron chi connectivity index (χ1n) is 19.6. The summed E-state index contributed by atoms with van der Waals surface area (Å²) in [7, 11) is 0. The molecule has 3 aliphatic rings. The van der Waals surface area contributed by atoms with Gasteiger partial charge in [0.1, 0.15) is 0 Å². The number of hydrogen-bond donors (Lipinski definition) is 0. The Morgan fingerprint density at radius 3 is 1.84 bits per heavy atom. The largest absolute Gasteiger partial charge is 0.310 e. The third-order valence-electron chi connectivity index (χ3n) is 12.5. The molecule has 3 aliphatic carbocycles. The molecular weight excluding hydrogens is 677 g/mol. The summed E-state index contributed by atoms with van der Waals surface area (Å²) in [6, 6.07) is 59.6. The summed E-state index contributed by atoms with van der Waals surface area (Å²) in [5.41, 5.74) is 20.1. The highest BCUT2D eigenvalue weighted by Gasteiger charge is 2.35. The molecule has 8 aromatic rings. The van der Waals surface area contributed by atoms with Gasteiger partial charge < -0.3 is 4.90 Å². The topological polar surface area (TPSA) is 27.0 Å². The maximum Gasteiger partial charge on any atom is 0.0991 e. The predicted octanol–water partition coefficient (Wildman–Crippen LogP) is 13.8. The fourth-order valence-corrected chi connectivity index (χ4v) is 9.73. The van der Waals surface area contributed by atoms with Crippen molar-refractivity contribution in [3.05, 3.63) is 208 Å². The fraction of sp³-hybridized carbons (Fsp3) is 0.0926. The number of nitrogens with zero attached hydrogens (tertiary/aromatic N) is 2. The van der Waals surface area contributed by atoms with Crippen LogP contribution in [0.25, 0.3) is 56.0 Å². The summed E-state index contributed by atoms with van der Waals surface area (Å²) in [6.45, 7) is 4.73. The monoisotopic (exact) mass is 714 g/mol. The first-order valence-corrected chi connectivity index (χ1v) is 19.6. The maximum atomic E-state index is 9.49. The van der Waals surface area contributed by atoms with E-state index in [1.807, 2.05) is 24.3 Å². The lowest BCUT2D eigenvalue weighted by atomic mass is 9.78. The Hall–Kier alpha value is -6.95. The third kappa shape index (κ3) is 4.94. The minimum Gasteiger partial charge on any atom is -0.310 e. The molecule has 0 heterocycles. The molecule has 0 bridgehead atoms. The van der Waals surface area contributed by atoms with Crippen molar-refractivity contribution in [2.24, 2.45) is 0 Å². The first kappa shape index (κ1) is 32.5. The van der Waals surface area contributed by atoms with Crippen molar-refractivity contribution in [3.63, 3.8) is 0 Å². The molecule has 0 fully saturated rings. The highest BCUT2D eigenvalue weighted by atomic mass is 15.1. The van der Waals surface area contributed by atoms with E-state index in [0.717, 1.165) is 29.9 Å². The van der Waals surface area contributed by atoms with Crippen LogP contribution in [0.1, 0.15) is 63.9 Å². The van der Waals surface area contributed by atoms with Crippen LogP contribution in [-0.2, 0) is 18.3 Å². The molecule has 0 spiro atoms. The van der Waals surface area contributed by atoms with E-state index in [2.05, 4.69) is 170 Å². The molecule has 0 amide bonds. The smallest absolute Gasteiger partial charge is 0.0991 e. The highest BCUT2D eigenvalue weighted by molar-refractivity contribution is 6.10. The van der Waals surface area contributed by atoms with Crippen molar-refractivity contribution in [2.45, 2.75) is 32.1 Å². The Kier molecular flexibility index (Phi) is 7.12. The van der Waals surface area contributed by atoms with Crippen molar-refractivity contribution in [1.29, 1.82) is 5.26 Å². The molecule has 0 N–H and O–H groups in total. The van der Waals surface area contributed by atoms with Gasteiger partial charge in [0, 0.05) is 22.2 Å². The molecule has 0 aromatic heterocycles. The van der Waals surface area contributed by atoms with E-state index < -0.39 is 0 Å². The zero-order valence-corrected chi connectivity index (χ0v) is 31.5. The quantitative estimate of drug-likeness (QED) is 0.177. The fourth-order valence-electron chi connectivity index (χ4n) is 9.73. The van der Waals surface area contributed by atoms with Crippen LogP contribution in [0, 0.1) is 11.3 Å². The molecular formula is C54H38N2. The summed E-state index contributed by atoms with van der Waals surface area (Å²) >= 11 is 0.